The summed E-state index contributed by atoms with van der Waals surface area (Å²) in [5.41, 5.74) is 4.46. The van der Waals surface area contributed by atoms with Gasteiger partial charge in [0.15, 0.2) is 0 Å². The Balaban J connectivity index is 2.16. The van der Waals surface area contributed by atoms with Crippen LogP contribution in [-0.4, -0.2) is 41.5 Å². The Morgan fingerprint density at radius 3 is 2.41 bits per heavy atom. The van der Waals surface area contributed by atoms with Crippen LogP contribution in [0, 0.1) is 20.8 Å². The summed E-state index contributed by atoms with van der Waals surface area (Å²) >= 11 is 0. The first-order valence-electron chi connectivity index (χ1n) is 9.44. The van der Waals surface area contributed by atoms with Crippen LogP contribution in [0.5, 0.6) is 0 Å². The Hall–Kier alpha value is -2.90. The fourth-order valence-electron chi connectivity index (χ4n) is 3.20. The van der Waals surface area contributed by atoms with Crippen LogP contribution in [0.4, 0.5) is 5.69 Å². The van der Waals surface area contributed by atoms with Gasteiger partial charge in [-0.15, -0.1) is 0 Å². The van der Waals surface area contributed by atoms with Crippen molar-refractivity contribution in [2.24, 2.45) is 0 Å². The summed E-state index contributed by atoms with van der Waals surface area (Å²) in [5, 5.41) is 22.2. The molecule has 7 heteroatoms. The van der Waals surface area contributed by atoms with Gasteiger partial charge in [-0.25, -0.2) is 0 Å². The van der Waals surface area contributed by atoms with Gasteiger partial charge in [0.25, 0.3) is 5.91 Å². The van der Waals surface area contributed by atoms with Gasteiger partial charge >= 0.3 is 7.12 Å². The molecule has 3 N–H and O–H groups in total. The molecular formula is C22H27BN2O4. The van der Waals surface area contributed by atoms with Gasteiger partial charge in [0, 0.05) is 5.69 Å². The van der Waals surface area contributed by atoms with Crippen LogP contribution in [0.1, 0.15) is 22.3 Å². The monoisotopic (exact) mass is 394 g/mol. The van der Waals surface area contributed by atoms with Crippen molar-refractivity contribution < 1.29 is 19.6 Å². The van der Waals surface area contributed by atoms with E-state index in [1.807, 2.05) is 51.1 Å². The zero-order valence-electron chi connectivity index (χ0n) is 17.1. The van der Waals surface area contributed by atoms with E-state index in [1.165, 1.54) is 4.90 Å². The molecule has 1 atom stereocenters. The normalized spacial score (nSPS) is 11.5. The van der Waals surface area contributed by atoms with Crippen LogP contribution in [0.25, 0.3) is 0 Å². The summed E-state index contributed by atoms with van der Waals surface area (Å²) in [7, 11) is -1.73. The van der Waals surface area contributed by atoms with E-state index < -0.39 is 24.9 Å². The predicted molar refractivity (Wildman–Crippen MR) is 115 cm³/mol. The van der Waals surface area contributed by atoms with Crippen LogP contribution in [0.2, 0.25) is 0 Å². The van der Waals surface area contributed by atoms with Gasteiger partial charge < -0.3 is 15.4 Å². The van der Waals surface area contributed by atoms with Gasteiger partial charge in [0.05, 0.1) is 5.94 Å². The average Bonchev–Trinajstić information content (AvgIpc) is 2.67. The second-order valence-corrected chi connectivity index (χ2v) is 7.14. The van der Waals surface area contributed by atoms with Gasteiger partial charge in [-0.2, -0.15) is 0 Å². The number of hydrogen-bond acceptors (Lipinski definition) is 4. The molecule has 0 aliphatic carbocycles. The predicted octanol–water partition coefficient (Wildman–Crippen LogP) is 1.87. The molecule has 1 unspecified atom stereocenters. The topological polar surface area (TPSA) is 89.9 Å². The zero-order chi connectivity index (χ0) is 21.6. The first-order chi connectivity index (χ1) is 13.7. The highest BCUT2D eigenvalue weighted by molar-refractivity contribution is 6.43. The molecule has 0 aliphatic heterocycles. The second kappa shape index (κ2) is 10.0. The Kier molecular flexibility index (Phi) is 7.76. The third-order valence-corrected chi connectivity index (χ3v) is 4.79. The molecule has 0 fully saturated rings. The molecule has 0 aromatic heterocycles. The van der Waals surface area contributed by atoms with E-state index in [4.69, 9.17) is 0 Å². The minimum atomic E-state index is -1.73. The second-order valence-electron chi connectivity index (χ2n) is 7.14. The number of aryl methyl sites for hydroxylation is 3. The summed E-state index contributed by atoms with van der Waals surface area (Å²) in [5.74, 6) is -1.81. The van der Waals surface area contributed by atoms with Crippen molar-refractivity contribution >= 4 is 24.6 Å². The minimum absolute atomic E-state index is 0.258. The molecule has 0 bridgehead atoms. The van der Waals surface area contributed by atoms with Crippen molar-refractivity contribution in [2.75, 3.05) is 11.4 Å². The summed E-state index contributed by atoms with van der Waals surface area (Å²) in [4.78, 5) is 26.3. The first-order valence-corrected chi connectivity index (χ1v) is 9.44. The Morgan fingerprint density at radius 1 is 1.14 bits per heavy atom. The van der Waals surface area contributed by atoms with Crippen LogP contribution in [0.3, 0.4) is 0 Å². The number of hydrogen-bond donors (Lipinski definition) is 3. The fourth-order valence-corrected chi connectivity index (χ4v) is 3.20. The van der Waals surface area contributed by atoms with Crippen LogP contribution < -0.4 is 10.2 Å². The number of benzene rings is 2. The lowest BCUT2D eigenvalue weighted by atomic mass is 9.75. The van der Waals surface area contributed by atoms with Gasteiger partial charge in [0.2, 0.25) is 5.91 Å². The lowest BCUT2D eigenvalue weighted by Gasteiger charge is -2.25. The number of carbonyl (C=O) groups excluding carboxylic acids is 2. The summed E-state index contributed by atoms with van der Waals surface area (Å²) in [6.45, 7) is 9.01. The number of para-hydroxylation sites is 1. The quantitative estimate of drug-likeness (QED) is 0.471. The van der Waals surface area contributed by atoms with Crippen LogP contribution >= 0.6 is 0 Å². The van der Waals surface area contributed by atoms with Gasteiger partial charge in [0.1, 0.15) is 6.54 Å². The molecule has 0 heterocycles. The fraction of sp³-hybridized carbons (Fsp3) is 0.273. The summed E-state index contributed by atoms with van der Waals surface area (Å²) < 4.78 is 0. The third-order valence-electron chi connectivity index (χ3n) is 4.79. The van der Waals surface area contributed by atoms with Gasteiger partial charge in [-0.1, -0.05) is 48.5 Å². The third kappa shape index (κ3) is 6.04. The molecular weight excluding hydrogens is 367 g/mol. The maximum Gasteiger partial charge on any atom is 0.475 e. The van der Waals surface area contributed by atoms with E-state index in [0.717, 1.165) is 28.3 Å². The van der Waals surface area contributed by atoms with Crippen molar-refractivity contribution in [1.82, 2.24) is 5.32 Å². The molecule has 0 saturated heterocycles. The SMILES string of the molecule is C=CC(=O)N(CC(=O)NC(Cc1ccc(C)cc1C)B(O)O)c1ccccc1C. The number of carbonyl (C=O) groups is 2. The molecule has 2 amide bonds. The Labute approximate surface area is 172 Å². The maximum absolute atomic E-state index is 12.6. The summed E-state index contributed by atoms with van der Waals surface area (Å²) in [6.07, 6.45) is 1.41. The molecule has 2 aromatic carbocycles. The largest absolute Gasteiger partial charge is 0.475 e. The number of anilines is 1. The molecule has 0 saturated carbocycles. The van der Waals surface area contributed by atoms with E-state index in [0.29, 0.717) is 5.69 Å². The molecule has 0 aliphatic rings. The van der Waals surface area contributed by atoms with Gasteiger partial charge in [-0.3, -0.25) is 14.5 Å². The Morgan fingerprint density at radius 2 is 1.83 bits per heavy atom. The van der Waals surface area contributed by atoms with Crippen LogP contribution in [0.15, 0.2) is 55.1 Å². The van der Waals surface area contributed by atoms with Crippen molar-refractivity contribution in [3.63, 3.8) is 0 Å². The van der Waals surface area contributed by atoms with E-state index >= 15 is 0 Å². The lowest BCUT2D eigenvalue weighted by Crippen LogP contribution is -2.51. The Bertz CT molecular complexity index is 898. The van der Waals surface area contributed by atoms with E-state index in [9.17, 15) is 19.6 Å². The molecule has 29 heavy (non-hydrogen) atoms. The zero-order valence-corrected chi connectivity index (χ0v) is 17.1. The van der Waals surface area contributed by atoms with E-state index in [1.54, 1.807) is 12.1 Å². The molecule has 6 nitrogen and oxygen atoms in total. The first kappa shape index (κ1) is 22.4. The minimum Gasteiger partial charge on any atom is -0.426 e. The van der Waals surface area contributed by atoms with Crippen molar-refractivity contribution in [1.29, 1.82) is 0 Å². The van der Waals surface area contributed by atoms with Crippen molar-refractivity contribution in [3.05, 3.63) is 77.4 Å². The van der Waals surface area contributed by atoms with E-state index in [2.05, 4.69) is 11.9 Å². The highest BCUT2D eigenvalue weighted by atomic mass is 16.4. The van der Waals surface area contributed by atoms with Gasteiger partial charge in [-0.05, 0) is 56.0 Å². The number of rotatable bonds is 8. The maximum atomic E-state index is 12.6. The number of amides is 2. The molecule has 152 valence electrons. The lowest BCUT2D eigenvalue weighted by molar-refractivity contribution is -0.122. The summed E-state index contributed by atoms with van der Waals surface area (Å²) in [6, 6.07) is 13.1. The number of nitrogens with zero attached hydrogens (tertiary/aromatic N) is 1. The standard InChI is InChI=1S/C22H27BN2O4/c1-5-22(27)25(19-9-7-6-8-16(19)3)14-21(26)24-20(23(28)29)13-18-11-10-15(2)12-17(18)4/h5-12,20,28-29H,1,13-14H2,2-4H3,(H,24,26). The molecule has 2 rings (SSSR count). The van der Waals surface area contributed by atoms with Crippen molar-refractivity contribution in [2.45, 2.75) is 33.1 Å². The highest BCUT2D eigenvalue weighted by Crippen LogP contribution is 2.20. The van der Waals surface area contributed by atoms with Crippen molar-refractivity contribution in [3.8, 4) is 0 Å². The smallest absolute Gasteiger partial charge is 0.426 e. The number of nitrogens with one attached hydrogen (secondary N) is 1. The molecule has 0 spiro atoms. The molecule has 0 radical (unpaired) electrons. The van der Waals surface area contributed by atoms with Crippen LogP contribution in [-0.2, 0) is 16.0 Å². The van der Waals surface area contributed by atoms with E-state index in [-0.39, 0.29) is 13.0 Å². The molecule has 2 aromatic rings. The average molecular weight is 394 g/mol. The highest BCUT2D eigenvalue weighted by Gasteiger charge is 2.27.